The largest absolute Gasteiger partial charge is 0.327 e. The van der Waals surface area contributed by atoms with E-state index in [1.54, 1.807) is 11.2 Å². The molecule has 88 valence electrons. The Balaban J connectivity index is 2.45. The van der Waals surface area contributed by atoms with Gasteiger partial charge >= 0.3 is 0 Å². The summed E-state index contributed by atoms with van der Waals surface area (Å²) in [4.78, 5) is 13.6. The van der Waals surface area contributed by atoms with E-state index in [1.807, 2.05) is 6.92 Å². The van der Waals surface area contributed by atoms with E-state index in [-0.39, 0.29) is 17.2 Å². The fraction of sp³-hybridized carbons (Fsp3) is 0.900. The summed E-state index contributed by atoms with van der Waals surface area (Å²) in [5.41, 5.74) is 0. The first kappa shape index (κ1) is 12.6. The second kappa shape index (κ2) is 5.61. The summed E-state index contributed by atoms with van der Waals surface area (Å²) in [5, 5.41) is 3.23. The molecule has 15 heavy (non-hydrogen) atoms. The van der Waals surface area contributed by atoms with Crippen molar-refractivity contribution in [1.29, 1.82) is 0 Å². The van der Waals surface area contributed by atoms with Crippen LogP contribution in [0.4, 0.5) is 0 Å². The lowest BCUT2D eigenvalue weighted by Crippen LogP contribution is -2.36. The zero-order valence-electron chi connectivity index (χ0n) is 9.66. The zero-order valence-corrected chi connectivity index (χ0v) is 10.5. The summed E-state index contributed by atoms with van der Waals surface area (Å²) in [6.07, 6.45) is 3.58. The van der Waals surface area contributed by atoms with Gasteiger partial charge in [0.15, 0.2) is 0 Å². The van der Waals surface area contributed by atoms with Gasteiger partial charge in [0.25, 0.3) is 0 Å². The number of hydrogen-bond acceptors (Lipinski definition) is 3. The van der Waals surface area contributed by atoms with Crippen LogP contribution in [0.15, 0.2) is 0 Å². The lowest BCUT2D eigenvalue weighted by molar-refractivity contribution is -0.129. The van der Waals surface area contributed by atoms with E-state index in [1.165, 1.54) is 0 Å². The molecule has 1 aliphatic heterocycles. The number of nitrogens with one attached hydrogen (secondary N) is 1. The second-order valence-corrected chi connectivity index (χ2v) is 5.88. The van der Waals surface area contributed by atoms with Gasteiger partial charge in [0.2, 0.25) is 5.91 Å². The maximum atomic E-state index is 11.8. The Morgan fingerprint density at radius 1 is 1.67 bits per heavy atom. The van der Waals surface area contributed by atoms with Gasteiger partial charge in [-0.3, -0.25) is 14.3 Å². The van der Waals surface area contributed by atoms with Gasteiger partial charge in [0.1, 0.15) is 0 Å². The summed E-state index contributed by atoms with van der Waals surface area (Å²) in [7, 11) is -0.858. The molecule has 0 radical (unpaired) electrons. The Kier molecular flexibility index (Phi) is 4.73. The molecule has 1 aliphatic rings. The fourth-order valence-corrected chi connectivity index (χ4v) is 2.08. The van der Waals surface area contributed by atoms with Crippen LogP contribution in [0, 0.1) is 0 Å². The molecule has 0 aromatic rings. The number of amides is 1. The first-order valence-electron chi connectivity index (χ1n) is 5.40. The molecule has 1 saturated heterocycles. The van der Waals surface area contributed by atoms with Crippen LogP contribution >= 0.6 is 0 Å². The zero-order chi connectivity index (χ0) is 11.4. The summed E-state index contributed by atoms with van der Waals surface area (Å²) in [5.74, 6) is 0.161. The number of hydrogen-bond donors (Lipinski definition) is 1. The van der Waals surface area contributed by atoms with Gasteiger partial charge in [-0.25, -0.2) is 0 Å². The summed E-state index contributed by atoms with van der Waals surface area (Å²) < 4.78 is 11.2. The smallest absolute Gasteiger partial charge is 0.240 e. The molecule has 0 bridgehead atoms. The van der Waals surface area contributed by atoms with Crippen LogP contribution in [0.5, 0.6) is 0 Å². The molecule has 0 spiro atoms. The average molecular weight is 232 g/mol. The normalized spacial score (nSPS) is 25.7. The first-order valence-corrected chi connectivity index (χ1v) is 7.02. The molecule has 1 heterocycles. The third-order valence-electron chi connectivity index (χ3n) is 2.76. The number of rotatable bonds is 5. The molecule has 3 atom stereocenters. The third-order valence-corrected chi connectivity index (χ3v) is 4.04. The van der Waals surface area contributed by atoms with Crippen molar-refractivity contribution < 1.29 is 9.00 Å². The Bertz CT molecular complexity index is 258. The summed E-state index contributed by atoms with van der Waals surface area (Å²) in [6.45, 7) is 5.18. The third kappa shape index (κ3) is 3.28. The van der Waals surface area contributed by atoms with Crippen LogP contribution in [0.3, 0.4) is 0 Å². The number of carbonyl (C=O) groups is 1. The van der Waals surface area contributed by atoms with Crippen molar-refractivity contribution in [3.63, 3.8) is 0 Å². The highest BCUT2D eigenvalue weighted by Crippen LogP contribution is 2.10. The molecule has 4 nitrogen and oxygen atoms in total. The lowest BCUT2D eigenvalue weighted by atomic mass is 10.2. The molecule has 1 fully saturated rings. The first-order chi connectivity index (χ1) is 7.06. The van der Waals surface area contributed by atoms with E-state index >= 15 is 0 Å². The molecule has 1 rings (SSSR count). The monoisotopic (exact) mass is 232 g/mol. The van der Waals surface area contributed by atoms with Crippen molar-refractivity contribution in [3.05, 3.63) is 0 Å². The van der Waals surface area contributed by atoms with Gasteiger partial charge in [-0.15, -0.1) is 0 Å². The van der Waals surface area contributed by atoms with E-state index in [2.05, 4.69) is 12.2 Å². The van der Waals surface area contributed by atoms with Crippen LogP contribution < -0.4 is 5.32 Å². The predicted octanol–water partition coefficient (Wildman–Crippen LogP) is 0.311. The molecular weight excluding hydrogens is 212 g/mol. The molecule has 0 aromatic heterocycles. The van der Waals surface area contributed by atoms with Crippen molar-refractivity contribution in [2.24, 2.45) is 0 Å². The quantitative estimate of drug-likeness (QED) is 0.742. The van der Waals surface area contributed by atoms with Crippen LogP contribution in [-0.2, 0) is 15.6 Å². The van der Waals surface area contributed by atoms with E-state index < -0.39 is 10.8 Å². The van der Waals surface area contributed by atoms with Crippen molar-refractivity contribution >= 4 is 16.7 Å². The highest BCUT2D eigenvalue weighted by Gasteiger charge is 2.31. The fourth-order valence-electron chi connectivity index (χ4n) is 1.69. The van der Waals surface area contributed by atoms with E-state index in [0.29, 0.717) is 13.2 Å². The SMILES string of the molecule is CCCC1NCN(CC(C)S(C)=O)C1=O. The summed E-state index contributed by atoms with van der Waals surface area (Å²) >= 11 is 0. The molecular formula is C10H20N2O2S. The van der Waals surface area contributed by atoms with Crippen molar-refractivity contribution in [2.45, 2.75) is 38.0 Å². The Morgan fingerprint density at radius 3 is 2.87 bits per heavy atom. The highest BCUT2D eigenvalue weighted by molar-refractivity contribution is 7.84. The molecule has 0 saturated carbocycles. The van der Waals surface area contributed by atoms with Crippen LogP contribution in [0.25, 0.3) is 0 Å². The Morgan fingerprint density at radius 2 is 2.33 bits per heavy atom. The average Bonchev–Trinajstić information content (AvgIpc) is 2.50. The highest BCUT2D eigenvalue weighted by atomic mass is 32.2. The number of carbonyl (C=O) groups excluding carboxylic acids is 1. The molecule has 1 amide bonds. The minimum atomic E-state index is -0.858. The Labute approximate surface area is 93.9 Å². The van der Waals surface area contributed by atoms with E-state index in [4.69, 9.17) is 0 Å². The standard InChI is InChI=1S/C10H20N2O2S/c1-4-5-9-10(13)12(7-11-9)6-8(2)15(3)14/h8-9,11H,4-7H2,1-3H3. The predicted molar refractivity (Wildman–Crippen MR) is 61.9 cm³/mol. The molecule has 0 aliphatic carbocycles. The van der Waals surface area contributed by atoms with Crippen LogP contribution in [0.2, 0.25) is 0 Å². The topological polar surface area (TPSA) is 49.4 Å². The Hall–Kier alpha value is -0.420. The molecule has 0 aromatic carbocycles. The van der Waals surface area contributed by atoms with Crippen LogP contribution in [0.1, 0.15) is 26.7 Å². The van der Waals surface area contributed by atoms with Crippen molar-refractivity contribution in [3.8, 4) is 0 Å². The van der Waals surface area contributed by atoms with Gasteiger partial charge in [-0.05, 0) is 13.3 Å². The minimum absolute atomic E-state index is 0.0208. The molecule has 5 heteroatoms. The number of nitrogens with zero attached hydrogens (tertiary/aromatic N) is 1. The van der Waals surface area contributed by atoms with Gasteiger partial charge in [-0.2, -0.15) is 0 Å². The van der Waals surface area contributed by atoms with Gasteiger partial charge in [0, 0.05) is 28.9 Å². The maximum Gasteiger partial charge on any atom is 0.240 e. The lowest BCUT2D eigenvalue weighted by Gasteiger charge is -2.18. The molecule has 1 N–H and O–H groups in total. The maximum absolute atomic E-state index is 11.8. The summed E-state index contributed by atoms with van der Waals surface area (Å²) in [6, 6.07) is -0.0208. The van der Waals surface area contributed by atoms with Gasteiger partial charge in [-0.1, -0.05) is 13.3 Å². The van der Waals surface area contributed by atoms with Gasteiger partial charge < -0.3 is 4.90 Å². The minimum Gasteiger partial charge on any atom is -0.327 e. The van der Waals surface area contributed by atoms with Crippen molar-refractivity contribution in [1.82, 2.24) is 10.2 Å². The van der Waals surface area contributed by atoms with E-state index in [0.717, 1.165) is 12.8 Å². The van der Waals surface area contributed by atoms with Crippen molar-refractivity contribution in [2.75, 3.05) is 19.5 Å². The van der Waals surface area contributed by atoms with Crippen LogP contribution in [-0.4, -0.2) is 45.8 Å². The molecule has 3 unspecified atom stereocenters. The van der Waals surface area contributed by atoms with E-state index in [9.17, 15) is 9.00 Å². The van der Waals surface area contributed by atoms with Gasteiger partial charge in [0.05, 0.1) is 12.7 Å². The second-order valence-electron chi connectivity index (χ2n) is 4.07.